The average Bonchev–Trinajstić information content (AvgIpc) is 2.98. The minimum atomic E-state index is -3.17. The number of alkyl halides is 2. The van der Waals surface area contributed by atoms with Gasteiger partial charge in [0.1, 0.15) is 6.61 Å². The van der Waals surface area contributed by atoms with Crippen molar-refractivity contribution in [2.75, 3.05) is 13.2 Å². The van der Waals surface area contributed by atoms with E-state index in [0.29, 0.717) is 0 Å². The molecule has 1 unspecified atom stereocenters. The van der Waals surface area contributed by atoms with Crippen LogP contribution >= 0.6 is 0 Å². The van der Waals surface area contributed by atoms with E-state index in [1.807, 2.05) is 0 Å². The summed E-state index contributed by atoms with van der Waals surface area (Å²) in [7, 11) is 0. The zero-order valence-electron chi connectivity index (χ0n) is 8.59. The SMILES string of the molecule is CC(NCC(F)(F)CO)C(=O)NC1CC1. The third-order valence-corrected chi connectivity index (χ3v) is 2.22. The number of hydrogen-bond acceptors (Lipinski definition) is 3. The van der Waals surface area contributed by atoms with E-state index in [4.69, 9.17) is 5.11 Å². The summed E-state index contributed by atoms with van der Waals surface area (Å²) < 4.78 is 25.2. The van der Waals surface area contributed by atoms with Crippen LogP contribution in [0.3, 0.4) is 0 Å². The third kappa shape index (κ3) is 4.53. The van der Waals surface area contributed by atoms with Crippen molar-refractivity contribution in [2.45, 2.75) is 37.8 Å². The molecule has 1 rings (SSSR count). The molecule has 1 saturated carbocycles. The first-order chi connectivity index (χ1) is 6.94. The highest BCUT2D eigenvalue weighted by Gasteiger charge is 2.30. The van der Waals surface area contributed by atoms with Crippen molar-refractivity contribution in [3.05, 3.63) is 0 Å². The van der Waals surface area contributed by atoms with Crippen molar-refractivity contribution in [1.82, 2.24) is 10.6 Å². The Bertz CT molecular complexity index is 232. The molecule has 0 heterocycles. The molecule has 3 N–H and O–H groups in total. The molecule has 0 saturated heterocycles. The number of hydrogen-bond donors (Lipinski definition) is 3. The van der Waals surface area contributed by atoms with Gasteiger partial charge < -0.3 is 15.7 Å². The number of aliphatic hydroxyl groups excluding tert-OH is 1. The summed E-state index contributed by atoms with van der Waals surface area (Å²) >= 11 is 0. The largest absolute Gasteiger partial charge is 0.390 e. The van der Waals surface area contributed by atoms with E-state index < -0.39 is 25.1 Å². The van der Waals surface area contributed by atoms with Gasteiger partial charge in [-0.2, -0.15) is 0 Å². The Kier molecular flexibility index (Phi) is 3.98. The molecule has 0 aromatic carbocycles. The van der Waals surface area contributed by atoms with E-state index in [9.17, 15) is 13.6 Å². The van der Waals surface area contributed by atoms with E-state index in [0.717, 1.165) is 12.8 Å². The molecule has 0 aromatic heterocycles. The number of halogens is 2. The summed E-state index contributed by atoms with van der Waals surface area (Å²) in [6.07, 6.45) is 1.93. The average molecular weight is 222 g/mol. The van der Waals surface area contributed by atoms with Gasteiger partial charge in [0.2, 0.25) is 5.91 Å². The van der Waals surface area contributed by atoms with Crippen molar-refractivity contribution >= 4 is 5.91 Å². The summed E-state index contributed by atoms with van der Waals surface area (Å²) in [5.41, 5.74) is 0. The van der Waals surface area contributed by atoms with Crippen LogP contribution in [0.25, 0.3) is 0 Å². The van der Waals surface area contributed by atoms with E-state index in [2.05, 4.69) is 10.6 Å². The standard InChI is InChI=1S/C9H16F2N2O2/c1-6(8(15)13-7-2-3-7)12-4-9(10,11)5-14/h6-7,12,14H,2-5H2,1H3,(H,13,15). The smallest absolute Gasteiger partial charge is 0.282 e. The van der Waals surface area contributed by atoms with Crippen LogP contribution in [-0.4, -0.2) is 42.2 Å². The lowest BCUT2D eigenvalue weighted by atomic mass is 10.2. The predicted molar refractivity (Wildman–Crippen MR) is 50.7 cm³/mol. The summed E-state index contributed by atoms with van der Waals surface area (Å²) in [5, 5.41) is 13.4. The number of rotatable bonds is 6. The Morgan fingerprint density at radius 3 is 2.67 bits per heavy atom. The Morgan fingerprint density at radius 1 is 1.60 bits per heavy atom. The van der Waals surface area contributed by atoms with Gasteiger partial charge in [0, 0.05) is 6.04 Å². The molecule has 1 aliphatic rings. The molecule has 88 valence electrons. The lowest BCUT2D eigenvalue weighted by molar-refractivity contribution is -0.123. The molecule has 0 aliphatic heterocycles. The molecular weight excluding hydrogens is 206 g/mol. The normalized spacial score (nSPS) is 18.7. The number of amides is 1. The molecule has 0 bridgehead atoms. The summed E-state index contributed by atoms with van der Waals surface area (Å²) in [4.78, 5) is 11.3. The molecule has 0 aromatic rings. The van der Waals surface area contributed by atoms with Crippen molar-refractivity contribution in [1.29, 1.82) is 0 Å². The van der Waals surface area contributed by atoms with Crippen LogP contribution in [-0.2, 0) is 4.79 Å². The molecule has 6 heteroatoms. The van der Waals surface area contributed by atoms with Gasteiger partial charge >= 0.3 is 0 Å². The van der Waals surface area contributed by atoms with Gasteiger partial charge in [0.05, 0.1) is 12.6 Å². The number of nitrogens with one attached hydrogen (secondary N) is 2. The third-order valence-electron chi connectivity index (χ3n) is 2.22. The number of carbonyl (C=O) groups is 1. The lowest BCUT2D eigenvalue weighted by Crippen LogP contribution is -2.47. The van der Waals surface area contributed by atoms with Crippen LogP contribution in [0.5, 0.6) is 0 Å². The van der Waals surface area contributed by atoms with Crippen LogP contribution < -0.4 is 10.6 Å². The number of carbonyl (C=O) groups excluding carboxylic acids is 1. The van der Waals surface area contributed by atoms with Crippen molar-refractivity contribution in [3.63, 3.8) is 0 Å². The second kappa shape index (κ2) is 4.85. The molecule has 4 nitrogen and oxygen atoms in total. The zero-order chi connectivity index (χ0) is 11.5. The Labute approximate surface area is 87.0 Å². The van der Waals surface area contributed by atoms with Crippen LogP contribution in [0.1, 0.15) is 19.8 Å². The maximum Gasteiger partial charge on any atom is 0.282 e. The van der Waals surface area contributed by atoms with E-state index in [1.54, 1.807) is 0 Å². The fraction of sp³-hybridized carbons (Fsp3) is 0.889. The van der Waals surface area contributed by atoms with Gasteiger partial charge in [-0.15, -0.1) is 0 Å². The predicted octanol–water partition coefficient (Wildman–Crippen LogP) is -0.129. The van der Waals surface area contributed by atoms with Crippen molar-refractivity contribution < 1.29 is 18.7 Å². The van der Waals surface area contributed by atoms with Gasteiger partial charge in [-0.05, 0) is 19.8 Å². The molecule has 0 radical (unpaired) electrons. The van der Waals surface area contributed by atoms with Crippen LogP contribution in [0, 0.1) is 0 Å². The highest BCUT2D eigenvalue weighted by molar-refractivity contribution is 5.81. The zero-order valence-corrected chi connectivity index (χ0v) is 8.59. The lowest BCUT2D eigenvalue weighted by Gasteiger charge is -2.18. The Hall–Kier alpha value is -0.750. The topological polar surface area (TPSA) is 61.4 Å². The Balaban J connectivity index is 2.21. The highest BCUT2D eigenvalue weighted by atomic mass is 19.3. The molecule has 1 amide bonds. The van der Waals surface area contributed by atoms with Crippen LogP contribution in [0.15, 0.2) is 0 Å². The van der Waals surface area contributed by atoms with E-state index in [-0.39, 0.29) is 11.9 Å². The van der Waals surface area contributed by atoms with Gasteiger partial charge in [0.15, 0.2) is 0 Å². The van der Waals surface area contributed by atoms with Gasteiger partial charge in [-0.25, -0.2) is 8.78 Å². The summed E-state index contributed by atoms with van der Waals surface area (Å²) in [5.74, 6) is -3.44. The minimum Gasteiger partial charge on any atom is -0.390 e. The molecular formula is C9H16F2N2O2. The molecule has 1 atom stereocenters. The maximum absolute atomic E-state index is 12.6. The monoisotopic (exact) mass is 222 g/mol. The maximum atomic E-state index is 12.6. The van der Waals surface area contributed by atoms with Crippen LogP contribution in [0.2, 0.25) is 0 Å². The van der Waals surface area contributed by atoms with E-state index in [1.165, 1.54) is 6.92 Å². The fourth-order valence-electron chi connectivity index (χ4n) is 1.00. The van der Waals surface area contributed by atoms with E-state index >= 15 is 0 Å². The van der Waals surface area contributed by atoms with Crippen molar-refractivity contribution in [2.24, 2.45) is 0 Å². The van der Waals surface area contributed by atoms with Crippen LogP contribution in [0.4, 0.5) is 8.78 Å². The van der Waals surface area contributed by atoms with Gasteiger partial charge in [-0.3, -0.25) is 4.79 Å². The van der Waals surface area contributed by atoms with Crippen molar-refractivity contribution in [3.8, 4) is 0 Å². The number of aliphatic hydroxyl groups is 1. The first-order valence-corrected chi connectivity index (χ1v) is 4.97. The second-order valence-electron chi connectivity index (χ2n) is 3.90. The molecule has 0 spiro atoms. The Morgan fingerprint density at radius 2 is 2.20 bits per heavy atom. The summed E-state index contributed by atoms with van der Waals surface area (Å²) in [6.45, 7) is -0.384. The second-order valence-corrected chi connectivity index (χ2v) is 3.90. The molecule has 15 heavy (non-hydrogen) atoms. The fourth-order valence-corrected chi connectivity index (χ4v) is 1.00. The van der Waals surface area contributed by atoms with Gasteiger partial charge in [0.25, 0.3) is 5.92 Å². The molecule has 1 aliphatic carbocycles. The molecule has 1 fully saturated rings. The highest BCUT2D eigenvalue weighted by Crippen LogP contribution is 2.18. The van der Waals surface area contributed by atoms with Gasteiger partial charge in [-0.1, -0.05) is 0 Å². The first kappa shape index (κ1) is 12.3. The minimum absolute atomic E-state index is 0.222. The first-order valence-electron chi connectivity index (χ1n) is 4.97. The summed E-state index contributed by atoms with van der Waals surface area (Å²) in [6, 6.07) is -0.442. The quantitative estimate of drug-likeness (QED) is 0.586.